The summed E-state index contributed by atoms with van der Waals surface area (Å²) in [7, 11) is 0. The highest BCUT2D eigenvalue weighted by Gasteiger charge is 2.22. The van der Waals surface area contributed by atoms with E-state index in [2.05, 4.69) is 4.74 Å². The van der Waals surface area contributed by atoms with Gasteiger partial charge in [-0.3, -0.25) is 4.79 Å². The number of ketones is 1. The van der Waals surface area contributed by atoms with Crippen LogP contribution in [0.4, 0.5) is 17.6 Å². The minimum atomic E-state index is -1.70. The first-order valence-corrected chi connectivity index (χ1v) is 5.03. The van der Waals surface area contributed by atoms with Crippen LogP contribution in [0, 0.1) is 23.3 Å². The molecule has 7 heteroatoms. The lowest BCUT2D eigenvalue weighted by atomic mass is 10.3. The molecule has 0 unspecified atom stereocenters. The molecule has 0 aliphatic carbocycles. The Morgan fingerprint density at radius 1 is 1.16 bits per heavy atom. The average molecular weight is 274 g/mol. The SMILES string of the molecule is O=C(COc1c(F)c(F)cc(F)c1F)c1ccco1. The van der Waals surface area contributed by atoms with Gasteiger partial charge in [0.05, 0.1) is 6.26 Å². The Labute approximate surface area is 104 Å². The zero-order valence-corrected chi connectivity index (χ0v) is 9.25. The van der Waals surface area contributed by atoms with Gasteiger partial charge < -0.3 is 9.15 Å². The van der Waals surface area contributed by atoms with Crippen molar-refractivity contribution in [1.82, 2.24) is 0 Å². The zero-order valence-electron chi connectivity index (χ0n) is 9.25. The van der Waals surface area contributed by atoms with Gasteiger partial charge in [-0.2, -0.15) is 8.78 Å². The molecule has 1 aromatic carbocycles. The van der Waals surface area contributed by atoms with Gasteiger partial charge in [0.1, 0.15) is 0 Å². The highest BCUT2D eigenvalue weighted by Crippen LogP contribution is 2.26. The van der Waals surface area contributed by atoms with Crippen LogP contribution in [0.15, 0.2) is 28.9 Å². The molecule has 0 radical (unpaired) electrons. The monoisotopic (exact) mass is 274 g/mol. The van der Waals surface area contributed by atoms with Crippen LogP contribution in [0.3, 0.4) is 0 Å². The molecule has 0 spiro atoms. The van der Waals surface area contributed by atoms with Gasteiger partial charge in [-0.15, -0.1) is 0 Å². The first-order valence-electron chi connectivity index (χ1n) is 5.03. The van der Waals surface area contributed by atoms with Crippen LogP contribution in [0.1, 0.15) is 10.6 Å². The van der Waals surface area contributed by atoms with Crippen molar-refractivity contribution >= 4 is 5.78 Å². The lowest BCUT2D eigenvalue weighted by Crippen LogP contribution is -2.13. The summed E-state index contributed by atoms with van der Waals surface area (Å²) in [4.78, 5) is 11.4. The summed E-state index contributed by atoms with van der Waals surface area (Å²) in [5.74, 6) is -8.74. The molecular formula is C12H6F4O3. The minimum Gasteiger partial charge on any atom is -0.479 e. The molecule has 100 valence electrons. The molecule has 0 bridgehead atoms. The number of halogens is 4. The van der Waals surface area contributed by atoms with E-state index in [0.717, 1.165) is 0 Å². The molecule has 0 aliphatic rings. The molecule has 3 nitrogen and oxygen atoms in total. The molecular weight excluding hydrogens is 268 g/mol. The van der Waals surface area contributed by atoms with Crippen molar-refractivity contribution in [3.63, 3.8) is 0 Å². The Morgan fingerprint density at radius 2 is 1.79 bits per heavy atom. The minimum absolute atomic E-state index is 0.0475. The van der Waals surface area contributed by atoms with E-state index in [4.69, 9.17) is 4.42 Å². The van der Waals surface area contributed by atoms with Gasteiger partial charge >= 0.3 is 0 Å². The van der Waals surface area contributed by atoms with E-state index in [9.17, 15) is 22.4 Å². The summed E-state index contributed by atoms with van der Waals surface area (Å²) in [5, 5.41) is 0. The lowest BCUT2D eigenvalue weighted by molar-refractivity contribution is 0.0886. The number of carbonyl (C=O) groups excluding carboxylic acids is 1. The predicted molar refractivity (Wildman–Crippen MR) is 54.8 cm³/mol. The third-order valence-corrected chi connectivity index (χ3v) is 2.22. The van der Waals surface area contributed by atoms with Crippen LogP contribution in [0.2, 0.25) is 0 Å². The van der Waals surface area contributed by atoms with Gasteiger partial charge in [0.25, 0.3) is 0 Å². The second kappa shape index (κ2) is 5.13. The molecule has 19 heavy (non-hydrogen) atoms. The number of hydrogen-bond donors (Lipinski definition) is 0. The molecule has 2 rings (SSSR count). The van der Waals surface area contributed by atoms with E-state index >= 15 is 0 Å². The van der Waals surface area contributed by atoms with Crippen molar-refractivity contribution < 1.29 is 31.5 Å². The number of carbonyl (C=O) groups is 1. The fourth-order valence-electron chi connectivity index (χ4n) is 1.32. The number of hydrogen-bond acceptors (Lipinski definition) is 3. The Morgan fingerprint density at radius 3 is 2.32 bits per heavy atom. The van der Waals surface area contributed by atoms with Crippen molar-refractivity contribution in [2.45, 2.75) is 0 Å². The topological polar surface area (TPSA) is 39.4 Å². The van der Waals surface area contributed by atoms with Crippen LogP contribution >= 0.6 is 0 Å². The first-order chi connectivity index (χ1) is 9.00. The summed E-state index contributed by atoms with van der Waals surface area (Å²) < 4.78 is 61.3. The van der Waals surface area contributed by atoms with Crippen LogP contribution < -0.4 is 4.74 Å². The van der Waals surface area contributed by atoms with Crippen molar-refractivity contribution in [3.8, 4) is 5.75 Å². The number of furan rings is 1. The fourth-order valence-corrected chi connectivity index (χ4v) is 1.32. The van der Waals surface area contributed by atoms with Crippen LogP contribution in [-0.4, -0.2) is 12.4 Å². The standard InChI is InChI=1S/C12H6F4O3/c13-6-4-7(14)11(16)12(10(6)15)19-5-8(17)9-2-1-3-18-9/h1-4H,5H2. The number of ether oxygens (including phenoxy) is 1. The van der Waals surface area contributed by atoms with Crippen LogP contribution in [-0.2, 0) is 0 Å². The second-order valence-corrected chi connectivity index (χ2v) is 3.49. The smallest absolute Gasteiger partial charge is 0.235 e. The second-order valence-electron chi connectivity index (χ2n) is 3.49. The first kappa shape index (κ1) is 13.1. The maximum atomic E-state index is 13.2. The number of benzene rings is 1. The Balaban J connectivity index is 2.18. The van der Waals surface area contributed by atoms with E-state index in [-0.39, 0.29) is 11.8 Å². The molecule has 0 atom stereocenters. The number of rotatable bonds is 4. The van der Waals surface area contributed by atoms with Crippen molar-refractivity contribution in [3.05, 3.63) is 53.5 Å². The highest BCUT2D eigenvalue weighted by atomic mass is 19.2. The molecule has 2 aromatic rings. The van der Waals surface area contributed by atoms with Gasteiger partial charge in [0, 0.05) is 6.07 Å². The maximum absolute atomic E-state index is 13.2. The third-order valence-electron chi connectivity index (χ3n) is 2.22. The van der Waals surface area contributed by atoms with E-state index in [1.165, 1.54) is 18.4 Å². The van der Waals surface area contributed by atoms with Crippen LogP contribution in [0.5, 0.6) is 5.75 Å². The molecule has 0 fully saturated rings. The molecule has 0 amide bonds. The molecule has 1 heterocycles. The summed E-state index contributed by atoms with van der Waals surface area (Å²) in [6.07, 6.45) is 1.22. The molecule has 0 saturated heterocycles. The lowest BCUT2D eigenvalue weighted by Gasteiger charge is -2.08. The van der Waals surface area contributed by atoms with Gasteiger partial charge in [-0.25, -0.2) is 8.78 Å². The average Bonchev–Trinajstić information content (AvgIpc) is 2.90. The predicted octanol–water partition coefficient (Wildman–Crippen LogP) is 3.10. The van der Waals surface area contributed by atoms with Crippen molar-refractivity contribution in [1.29, 1.82) is 0 Å². The fraction of sp³-hybridized carbons (Fsp3) is 0.0833. The van der Waals surface area contributed by atoms with Gasteiger partial charge in [0.15, 0.2) is 29.8 Å². The Kier molecular flexibility index (Phi) is 3.55. The quantitative estimate of drug-likeness (QED) is 0.488. The van der Waals surface area contributed by atoms with E-state index < -0.39 is 41.4 Å². The summed E-state index contributed by atoms with van der Waals surface area (Å²) in [6, 6.07) is 2.78. The zero-order chi connectivity index (χ0) is 14.0. The van der Waals surface area contributed by atoms with Crippen LogP contribution in [0.25, 0.3) is 0 Å². The van der Waals surface area contributed by atoms with Gasteiger partial charge in [0.2, 0.25) is 17.4 Å². The number of Topliss-reactive ketones (excluding diaryl/α,β-unsaturated/α-hetero) is 1. The third kappa shape index (κ3) is 2.59. The van der Waals surface area contributed by atoms with E-state index in [1.54, 1.807) is 0 Å². The maximum Gasteiger partial charge on any atom is 0.235 e. The molecule has 1 aromatic heterocycles. The van der Waals surface area contributed by atoms with Crippen molar-refractivity contribution in [2.75, 3.05) is 6.61 Å². The summed E-state index contributed by atoms with van der Waals surface area (Å²) in [5.41, 5.74) is 0. The highest BCUT2D eigenvalue weighted by molar-refractivity contribution is 5.94. The normalized spacial score (nSPS) is 10.5. The largest absolute Gasteiger partial charge is 0.479 e. The van der Waals surface area contributed by atoms with Gasteiger partial charge in [-0.05, 0) is 12.1 Å². The van der Waals surface area contributed by atoms with Gasteiger partial charge in [-0.1, -0.05) is 0 Å². The Hall–Kier alpha value is -2.31. The molecule has 0 aliphatic heterocycles. The molecule has 0 saturated carbocycles. The molecule has 0 N–H and O–H groups in total. The summed E-state index contributed by atoms with van der Waals surface area (Å²) >= 11 is 0. The van der Waals surface area contributed by atoms with Crippen molar-refractivity contribution in [2.24, 2.45) is 0 Å². The van der Waals surface area contributed by atoms with E-state index in [0.29, 0.717) is 0 Å². The Bertz CT molecular complexity index is 582. The van der Waals surface area contributed by atoms with E-state index in [1.807, 2.05) is 0 Å². The summed E-state index contributed by atoms with van der Waals surface area (Å²) in [6.45, 7) is -0.815.